The number of unbranched alkanes of at least 4 members (excludes halogenated alkanes) is 54. The Morgan fingerprint density at radius 3 is 0.638 bits per heavy atom. The molecule has 6 rings (SSSR count). The second-order valence-corrected chi connectivity index (χ2v) is 36.9. The number of hydrogen-bond acceptors (Lipinski definition) is 10. The third kappa shape index (κ3) is 55.8. The van der Waals surface area contributed by atoms with Crippen LogP contribution in [0.3, 0.4) is 0 Å². The Labute approximate surface area is 778 Å². The molecule has 0 bridgehead atoms. The van der Waals surface area contributed by atoms with Crippen molar-refractivity contribution in [3.8, 4) is 46.0 Å². The van der Waals surface area contributed by atoms with E-state index in [-0.39, 0.29) is 6.61 Å². The van der Waals surface area contributed by atoms with Gasteiger partial charge in [0.25, 0.3) is 0 Å². The summed E-state index contributed by atoms with van der Waals surface area (Å²) < 4.78 is 60.3. The molecule has 6 aromatic carbocycles. The molecule has 0 heterocycles. The number of aliphatic hydroxyl groups excluding tert-OH is 1. The maximum atomic E-state index is 9.81. The van der Waals surface area contributed by atoms with Crippen molar-refractivity contribution in [3.05, 3.63) is 165 Å². The molecule has 6 aromatic rings. The maximum absolute atomic E-state index is 9.81. The van der Waals surface area contributed by atoms with Crippen molar-refractivity contribution in [2.45, 2.75) is 460 Å². The van der Waals surface area contributed by atoms with E-state index in [0.717, 1.165) is 136 Å². The van der Waals surface area contributed by atoms with Gasteiger partial charge in [-0.15, -0.1) is 0 Å². The number of benzene rings is 6. The first-order valence-electron chi connectivity index (χ1n) is 53.2. The molecule has 0 fully saturated rings. The minimum atomic E-state index is 0.0230. The van der Waals surface area contributed by atoms with E-state index in [2.05, 4.69) is 163 Å². The van der Waals surface area contributed by atoms with Crippen LogP contribution in [0.5, 0.6) is 46.0 Å². The first kappa shape index (κ1) is 109. The van der Waals surface area contributed by atoms with Gasteiger partial charge in [0.05, 0.1) is 59.5 Å². The summed E-state index contributed by atoms with van der Waals surface area (Å²) in [5.74, 6) is 6.41. The number of hydrogen-bond donors (Lipinski definition) is 1. The van der Waals surface area contributed by atoms with Crippen LogP contribution in [0.1, 0.15) is 477 Å². The fraction of sp³-hybridized carbons (Fsp3) is 0.658. The highest BCUT2D eigenvalue weighted by molar-refractivity contribution is 5.79. The highest BCUT2D eigenvalue weighted by Crippen LogP contribution is 2.36. The lowest BCUT2D eigenvalue weighted by molar-refractivity contribution is 0.106. The van der Waals surface area contributed by atoms with Crippen LogP contribution in [-0.4, -0.2) is 44.7 Å². The molecule has 0 saturated heterocycles. The molecule has 0 radical (unpaired) electrons. The molecule has 0 aliphatic heterocycles. The summed E-state index contributed by atoms with van der Waals surface area (Å²) in [6.45, 7) is 19.2. The highest BCUT2D eigenvalue weighted by atomic mass is 16.5. The molecular formula is C117H184O10. The summed E-state index contributed by atoms with van der Waals surface area (Å²) in [6, 6.07) is 40.1. The van der Waals surface area contributed by atoms with E-state index >= 15 is 0 Å². The number of aliphatic hydroxyl groups is 1. The predicted octanol–water partition coefficient (Wildman–Crippen LogP) is 36.2. The van der Waals surface area contributed by atoms with E-state index in [4.69, 9.17) is 42.6 Å². The summed E-state index contributed by atoms with van der Waals surface area (Å²) in [6.07, 6.45) is 85.5. The van der Waals surface area contributed by atoms with E-state index in [1.54, 1.807) is 0 Å². The van der Waals surface area contributed by atoms with Crippen LogP contribution < -0.4 is 37.9 Å². The van der Waals surface area contributed by atoms with Crippen LogP contribution in [0.2, 0.25) is 0 Å². The fourth-order valence-corrected chi connectivity index (χ4v) is 16.9. The van der Waals surface area contributed by atoms with Crippen LogP contribution in [0.25, 0.3) is 24.3 Å². The SMILES string of the molecule is CCCCCCCCCCCCOc1cc(COc2cc(COCc3ccc(/C=C/c4cc(OCCCCCCCCCCCC)c(/C=C/c5ccc(CO)cc5)cc4OCCCCCCCCCCCC)cc3)cc(OCc3cc(OCCCCCCCCCCCC)cc(OCCCCCCCCCCCC)c3)c2)cc(OCCCCCCCCCCCC)c1. The molecule has 10 nitrogen and oxygen atoms in total. The van der Waals surface area contributed by atoms with Gasteiger partial charge in [0.1, 0.15) is 59.2 Å². The predicted molar refractivity (Wildman–Crippen MR) is 544 cm³/mol. The molecular weight excluding hydrogens is 1570 g/mol. The smallest absolute Gasteiger partial charge is 0.127 e. The standard InChI is InChI=1S/C117H184O10/c1-7-13-19-25-31-37-43-49-55-61-79-120-110-87-106(88-111(93-110)121-80-62-56-50-44-38-32-26-20-14-8-2)99-126-114-85-105(86-115(95-114)127-100-107-89-112(122-81-63-57-51-45-39-33-27-21-15-9-3)94-113(90-107)123-82-64-58-52-46-40-34-28-22-16-10-4)98-119-97-104-73-69-102(70-74-104)76-78-109-92-116(124-83-65-59-53-47-41-35-29-23-17-11-5)108(77-75-101-67-71-103(96-118)72-68-101)91-117(109)125-84-66-60-54-48-42-36-30-24-18-12-6/h67-78,85-95,118H,7-66,79-84,96-100H2,1-6H3/b77-75+,78-76+. The Balaban J connectivity index is 1.22. The van der Waals surface area contributed by atoms with E-state index in [9.17, 15) is 5.11 Å². The molecule has 10 heteroatoms. The van der Waals surface area contributed by atoms with Gasteiger partial charge in [-0.2, -0.15) is 0 Å². The largest absolute Gasteiger partial charge is 0.493 e. The Morgan fingerprint density at radius 1 is 0.189 bits per heavy atom. The Hall–Kier alpha value is -6.88. The van der Waals surface area contributed by atoms with Crippen LogP contribution in [0.4, 0.5) is 0 Å². The zero-order chi connectivity index (χ0) is 89.6. The second-order valence-electron chi connectivity index (χ2n) is 36.9. The summed E-state index contributed by atoms with van der Waals surface area (Å²) in [4.78, 5) is 0. The third-order valence-corrected chi connectivity index (χ3v) is 24.9. The van der Waals surface area contributed by atoms with E-state index in [1.165, 1.54) is 334 Å². The normalized spacial score (nSPS) is 11.6. The van der Waals surface area contributed by atoms with Crippen LogP contribution in [0, 0.1) is 0 Å². The minimum absolute atomic E-state index is 0.0230. The Kier molecular flexibility index (Phi) is 65.8. The van der Waals surface area contributed by atoms with Crippen LogP contribution in [0.15, 0.2) is 115 Å². The quantitative estimate of drug-likeness (QED) is 0.0293. The number of rotatable bonds is 87. The van der Waals surface area contributed by atoms with Crippen molar-refractivity contribution in [2.75, 3.05) is 39.6 Å². The summed E-state index contributed by atoms with van der Waals surface area (Å²) >= 11 is 0. The molecule has 712 valence electrons. The molecule has 1 N–H and O–H groups in total. The minimum Gasteiger partial charge on any atom is -0.493 e. The van der Waals surface area contributed by atoms with Gasteiger partial charge in [0.2, 0.25) is 0 Å². The summed E-state index contributed by atoms with van der Waals surface area (Å²) in [7, 11) is 0. The van der Waals surface area contributed by atoms with Gasteiger partial charge in [-0.25, -0.2) is 0 Å². The van der Waals surface area contributed by atoms with Gasteiger partial charge in [0.15, 0.2) is 0 Å². The highest BCUT2D eigenvalue weighted by Gasteiger charge is 2.15. The van der Waals surface area contributed by atoms with Crippen molar-refractivity contribution in [1.82, 2.24) is 0 Å². The van der Waals surface area contributed by atoms with Crippen molar-refractivity contribution >= 4 is 24.3 Å². The Bertz CT molecular complexity index is 3400. The Morgan fingerprint density at radius 2 is 0.394 bits per heavy atom. The van der Waals surface area contributed by atoms with E-state index in [0.29, 0.717) is 77.6 Å². The van der Waals surface area contributed by atoms with Crippen molar-refractivity contribution < 1.29 is 47.7 Å². The van der Waals surface area contributed by atoms with Gasteiger partial charge in [-0.05, 0) is 126 Å². The van der Waals surface area contributed by atoms with Crippen LogP contribution in [-0.2, 0) is 37.8 Å². The van der Waals surface area contributed by atoms with Gasteiger partial charge >= 0.3 is 0 Å². The van der Waals surface area contributed by atoms with Gasteiger partial charge < -0.3 is 47.7 Å². The second kappa shape index (κ2) is 76.8. The van der Waals surface area contributed by atoms with Crippen LogP contribution >= 0.6 is 0 Å². The summed E-state index contributed by atoms with van der Waals surface area (Å²) in [5.41, 5.74) is 9.04. The van der Waals surface area contributed by atoms with Crippen molar-refractivity contribution in [2.24, 2.45) is 0 Å². The lowest BCUT2D eigenvalue weighted by atomic mass is 10.0. The molecule has 0 aliphatic rings. The van der Waals surface area contributed by atoms with Gasteiger partial charge in [-0.3, -0.25) is 0 Å². The zero-order valence-corrected chi connectivity index (χ0v) is 82.1. The molecule has 0 saturated carbocycles. The molecule has 127 heavy (non-hydrogen) atoms. The monoisotopic (exact) mass is 1750 g/mol. The first-order chi connectivity index (χ1) is 62.8. The fourth-order valence-electron chi connectivity index (χ4n) is 16.9. The van der Waals surface area contributed by atoms with Gasteiger partial charge in [0, 0.05) is 29.3 Å². The van der Waals surface area contributed by atoms with E-state index in [1.807, 2.05) is 18.2 Å². The average molecular weight is 1750 g/mol. The molecule has 0 aliphatic carbocycles. The van der Waals surface area contributed by atoms with Crippen molar-refractivity contribution in [1.29, 1.82) is 0 Å². The number of ether oxygens (including phenoxy) is 9. The molecule has 0 spiro atoms. The molecule has 0 unspecified atom stereocenters. The first-order valence-corrected chi connectivity index (χ1v) is 53.2. The lowest BCUT2D eigenvalue weighted by Gasteiger charge is -2.16. The zero-order valence-electron chi connectivity index (χ0n) is 82.1. The third-order valence-electron chi connectivity index (χ3n) is 24.9. The molecule has 0 amide bonds. The average Bonchev–Trinajstić information content (AvgIpc) is 0.823. The van der Waals surface area contributed by atoms with Gasteiger partial charge in [-0.1, -0.05) is 461 Å². The molecule has 0 atom stereocenters. The summed E-state index contributed by atoms with van der Waals surface area (Å²) in [5, 5.41) is 9.81. The maximum Gasteiger partial charge on any atom is 0.127 e. The van der Waals surface area contributed by atoms with Crippen molar-refractivity contribution in [3.63, 3.8) is 0 Å². The topological polar surface area (TPSA) is 103 Å². The lowest BCUT2D eigenvalue weighted by Crippen LogP contribution is -2.04. The van der Waals surface area contributed by atoms with E-state index < -0.39 is 0 Å². The molecule has 0 aromatic heterocycles.